The Hall–Kier alpha value is -2.71. The van der Waals surface area contributed by atoms with E-state index in [4.69, 9.17) is 9.15 Å². The molecule has 26 heavy (non-hydrogen) atoms. The number of aromatic nitrogens is 2. The zero-order valence-electron chi connectivity index (χ0n) is 14.4. The van der Waals surface area contributed by atoms with Crippen LogP contribution in [0.25, 0.3) is 11.5 Å². The summed E-state index contributed by atoms with van der Waals surface area (Å²) in [5.41, 5.74) is 0.773. The summed E-state index contributed by atoms with van der Waals surface area (Å²) in [4.78, 5) is 0.136. The van der Waals surface area contributed by atoms with Crippen molar-refractivity contribution in [3.63, 3.8) is 0 Å². The fourth-order valence-corrected chi connectivity index (χ4v) is 3.21. The van der Waals surface area contributed by atoms with Crippen LogP contribution in [0.3, 0.4) is 0 Å². The van der Waals surface area contributed by atoms with E-state index < -0.39 is 10.0 Å². The summed E-state index contributed by atoms with van der Waals surface area (Å²) < 4.78 is 38.2. The van der Waals surface area contributed by atoms with Crippen molar-refractivity contribution in [1.29, 1.82) is 0 Å². The van der Waals surface area contributed by atoms with Gasteiger partial charge < -0.3 is 9.15 Å². The number of hydrogen-bond acceptors (Lipinski definition) is 6. The predicted octanol–water partition coefficient (Wildman–Crippen LogP) is 3.00. The smallest absolute Gasteiger partial charge is 0.247 e. The third-order valence-corrected chi connectivity index (χ3v) is 4.82. The minimum atomic E-state index is -3.69. The molecular formula is C18H19N3O4S. The summed E-state index contributed by atoms with van der Waals surface area (Å²) in [6.07, 6.45) is 0.0203. The standard InChI is InChI=1S/C18H19N3O4S/c1-13(2)24-15-8-10-16(11-9-15)26(22,23)19-12-17-20-21-18(25-17)14-6-4-3-5-7-14/h3-11,13,19H,12H2,1-2H3. The van der Waals surface area contributed by atoms with Crippen LogP contribution >= 0.6 is 0 Å². The minimum absolute atomic E-state index is 0.0203. The maximum absolute atomic E-state index is 12.4. The summed E-state index contributed by atoms with van der Waals surface area (Å²) in [5.74, 6) is 1.14. The number of nitrogens with one attached hydrogen (secondary N) is 1. The van der Waals surface area contributed by atoms with Gasteiger partial charge in [-0.15, -0.1) is 10.2 Å². The molecule has 3 rings (SSSR count). The highest BCUT2D eigenvalue weighted by atomic mass is 32.2. The Morgan fingerprint density at radius 1 is 1.04 bits per heavy atom. The zero-order valence-corrected chi connectivity index (χ0v) is 15.2. The van der Waals surface area contributed by atoms with Crippen molar-refractivity contribution in [2.45, 2.75) is 31.4 Å². The molecule has 1 N–H and O–H groups in total. The van der Waals surface area contributed by atoms with Gasteiger partial charge in [0.15, 0.2) is 0 Å². The molecule has 0 aliphatic carbocycles. The molecule has 8 heteroatoms. The molecule has 0 saturated heterocycles. The Morgan fingerprint density at radius 2 is 1.73 bits per heavy atom. The van der Waals surface area contributed by atoms with Crippen LogP contribution in [-0.4, -0.2) is 24.7 Å². The van der Waals surface area contributed by atoms with Crippen LogP contribution in [0.2, 0.25) is 0 Å². The van der Waals surface area contributed by atoms with Crippen LogP contribution in [0.4, 0.5) is 0 Å². The van der Waals surface area contributed by atoms with Crippen LogP contribution in [0.5, 0.6) is 5.75 Å². The quantitative estimate of drug-likeness (QED) is 0.684. The van der Waals surface area contributed by atoms with Gasteiger partial charge in [0.25, 0.3) is 0 Å². The first-order valence-corrected chi connectivity index (χ1v) is 9.56. The number of hydrogen-bond donors (Lipinski definition) is 1. The summed E-state index contributed by atoms with van der Waals surface area (Å²) in [6.45, 7) is 3.72. The Kier molecular flexibility index (Phi) is 5.34. The SMILES string of the molecule is CC(C)Oc1ccc(S(=O)(=O)NCc2nnc(-c3ccccc3)o2)cc1. The lowest BCUT2D eigenvalue weighted by atomic mass is 10.2. The molecule has 136 valence electrons. The highest BCUT2D eigenvalue weighted by Crippen LogP contribution is 2.19. The lowest BCUT2D eigenvalue weighted by Gasteiger charge is -2.10. The van der Waals surface area contributed by atoms with Crippen molar-refractivity contribution < 1.29 is 17.6 Å². The highest BCUT2D eigenvalue weighted by molar-refractivity contribution is 7.89. The topological polar surface area (TPSA) is 94.3 Å². The number of nitrogens with zero attached hydrogens (tertiary/aromatic N) is 2. The van der Waals surface area contributed by atoms with Gasteiger partial charge in [0, 0.05) is 5.56 Å². The number of rotatable bonds is 7. The second-order valence-electron chi connectivity index (χ2n) is 5.83. The van der Waals surface area contributed by atoms with Gasteiger partial charge in [-0.1, -0.05) is 18.2 Å². The van der Waals surface area contributed by atoms with Gasteiger partial charge in [-0.2, -0.15) is 0 Å². The van der Waals surface area contributed by atoms with Gasteiger partial charge in [0.05, 0.1) is 17.5 Å². The maximum atomic E-state index is 12.4. The molecule has 0 atom stereocenters. The van der Waals surface area contributed by atoms with Gasteiger partial charge in [0.2, 0.25) is 21.8 Å². The third kappa shape index (κ3) is 4.47. The van der Waals surface area contributed by atoms with Gasteiger partial charge >= 0.3 is 0 Å². The maximum Gasteiger partial charge on any atom is 0.247 e. The summed E-state index contributed by atoms with van der Waals surface area (Å²) >= 11 is 0. The predicted molar refractivity (Wildman–Crippen MR) is 96.0 cm³/mol. The monoisotopic (exact) mass is 373 g/mol. The van der Waals surface area contributed by atoms with Crippen LogP contribution < -0.4 is 9.46 Å². The van der Waals surface area contributed by atoms with E-state index in [1.54, 1.807) is 12.1 Å². The number of sulfonamides is 1. The van der Waals surface area contributed by atoms with Gasteiger partial charge in [-0.25, -0.2) is 13.1 Å². The Balaban J connectivity index is 1.66. The molecule has 0 radical (unpaired) electrons. The lowest BCUT2D eigenvalue weighted by molar-refractivity contribution is 0.242. The van der Waals surface area contributed by atoms with Crippen molar-refractivity contribution in [3.8, 4) is 17.2 Å². The molecule has 0 aliphatic rings. The highest BCUT2D eigenvalue weighted by Gasteiger charge is 2.16. The minimum Gasteiger partial charge on any atom is -0.491 e. The summed E-state index contributed by atoms with van der Waals surface area (Å²) in [7, 11) is -3.69. The van der Waals surface area contributed by atoms with Crippen molar-refractivity contribution in [2.75, 3.05) is 0 Å². The molecule has 0 fully saturated rings. The van der Waals surface area contributed by atoms with Crippen LogP contribution in [0, 0.1) is 0 Å². The average Bonchev–Trinajstić information content (AvgIpc) is 3.10. The first kappa shape index (κ1) is 18.1. The second-order valence-corrected chi connectivity index (χ2v) is 7.60. The van der Waals surface area contributed by atoms with Crippen LogP contribution in [-0.2, 0) is 16.6 Å². The molecule has 1 aromatic heterocycles. The summed E-state index contributed by atoms with van der Waals surface area (Å²) in [6, 6.07) is 15.5. The van der Waals surface area contributed by atoms with E-state index in [0.29, 0.717) is 11.6 Å². The molecule has 3 aromatic rings. The van der Waals surface area contributed by atoms with Crippen molar-refractivity contribution in [1.82, 2.24) is 14.9 Å². The van der Waals surface area contributed by atoms with E-state index in [2.05, 4.69) is 14.9 Å². The van der Waals surface area contributed by atoms with Gasteiger partial charge in [0.1, 0.15) is 5.75 Å². The van der Waals surface area contributed by atoms with Crippen LogP contribution in [0.1, 0.15) is 19.7 Å². The second kappa shape index (κ2) is 7.67. The molecule has 1 heterocycles. The molecular weight excluding hydrogens is 354 g/mol. The fraction of sp³-hybridized carbons (Fsp3) is 0.222. The molecule has 0 bridgehead atoms. The molecule has 7 nitrogen and oxygen atoms in total. The fourth-order valence-electron chi connectivity index (χ4n) is 2.23. The van der Waals surface area contributed by atoms with Gasteiger partial charge in [-0.3, -0.25) is 0 Å². The first-order chi connectivity index (χ1) is 12.4. The van der Waals surface area contributed by atoms with Crippen molar-refractivity contribution >= 4 is 10.0 Å². The molecule has 0 amide bonds. The Morgan fingerprint density at radius 3 is 2.38 bits per heavy atom. The first-order valence-electron chi connectivity index (χ1n) is 8.08. The Bertz CT molecular complexity index is 952. The number of benzene rings is 2. The zero-order chi connectivity index (χ0) is 18.6. The van der Waals surface area contributed by atoms with E-state index in [-0.39, 0.29) is 23.4 Å². The molecule has 0 spiro atoms. The molecule has 2 aromatic carbocycles. The van der Waals surface area contributed by atoms with Gasteiger partial charge in [-0.05, 0) is 50.2 Å². The van der Waals surface area contributed by atoms with E-state index in [1.165, 1.54) is 12.1 Å². The number of ether oxygens (including phenoxy) is 1. The normalized spacial score (nSPS) is 11.7. The van der Waals surface area contributed by atoms with E-state index in [0.717, 1.165) is 5.56 Å². The van der Waals surface area contributed by atoms with Crippen LogP contribution in [0.15, 0.2) is 63.9 Å². The Labute approximate surface area is 152 Å². The van der Waals surface area contributed by atoms with Crippen molar-refractivity contribution in [3.05, 3.63) is 60.5 Å². The molecule has 0 saturated carbocycles. The largest absolute Gasteiger partial charge is 0.491 e. The molecule has 0 unspecified atom stereocenters. The third-order valence-electron chi connectivity index (χ3n) is 3.41. The van der Waals surface area contributed by atoms with Crippen molar-refractivity contribution in [2.24, 2.45) is 0 Å². The average molecular weight is 373 g/mol. The van der Waals surface area contributed by atoms with E-state index >= 15 is 0 Å². The summed E-state index contributed by atoms with van der Waals surface area (Å²) in [5, 5.41) is 7.80. The lowest BCUT2D eigenvalue weighted by Crippen LogP contribution is -2.23. The molecule has 0 aliphatic heterocycles. The van der Waals surface area contributed by atoms with E-state index in [9.17, 15) is 8.42 Å². The van der Waals surface area contributed by atoms with E-state index in [1.807, 2.05) is 44.2 Å².